The lowest BCUT2D eigenvalue weighted by Crippen LogP contribution is -2.51. The van der Waals surface area contributed by atoms with Crippen molar-refractivity contribution in [3.05, 3.63) is 59.7 Å². The van der Waals surface area contributed by atoms with Crippen LogP contribution in [0.25, 0.3) is 0 Å². The number of likely N-dealkylation sites (N-methyl/N-ethyl adjacent to an activating group) is 1. The summed E-state index contributed by atoms with van der Waals surface area (Å²) in [6, 6.07) is 12.6. The number of hydrogen-bond acceptors (Lipinski definition) is 5. The van der Waals surface area contributed by atoms with Gasteiger partial charge in [-0.15, -0.1) is 0 Å². The van der Waals surface area contributed by atoms with Crippen molar-refractivity contribution in [3.63, 3.8) is 0 Å². The molecular formula is C28H39N3O5. The summed E-state index contributed by atoms with van der Waals surface area (Å²) in [5.41, 5.74) is 1.43. The van der Waals surface area contributed by atoms with Crippen molar-refractivity contribution in [2.24, 2.45) is 5.92 Å². The van der Waals surface area contributed by atoms with E-state index in [4.69, 9.17) is 9.47 Å². The molecule has 2 rings (SSSR count). The van der Waals surface area contributed by atoms with E-state index >= 15 is 0 Å². The van der Waals surface area contributed by atoms with Crippen LogP contribution in [0.1, 0.15) is 58.2 Å². The van der Waals surface area contributed by atoms with Crippen LogP contribution in [0.2, 0.25) is 0 Å². The molecule has 8 nitrogen and oxygen atoms in total. The van der Waals surface area contributed by atoms with Crippen molar-refractivity contribution in [3.8, 4) is 5.75 Å². The summed E-state index contributed by atoms with van der Waals surface area (Å²) in [6.07, 6.45) is -0.284. The van der Waals surface area contributed by atoms with Crippen molar-refractivity contribution in [1.29, 1.82) is 0 Å². The molecule has 0 saturated carbocycles. The molecule has 0 bridgehead atoms. The Balaban J connectivity index is 2.37. The van der Waals surface area contributed by atoms with Gasteiger partial charge in [0.25, 0.3) is 5.91 Å². The molecule has 0 saturated heterocycles. The van der Waals surface area contributed by atoms with Gasteiger partial charge in [-0.3, -0.25) is 9.59 Å². The van der Waals surface area contributed by atoms with Crippen LogP contribution >= 0.6 is 0 Å². The van der Waals surface area contributed by atoms with Crippen LogP contribution < -0.4 is 15.4 Å². The standard InChI is InChI=1S/C28H39N3O5/c1-18(2)17-23(30-27(34)36-28(4,5)6)26(33)31(7)24(22-12-10-9-11-19(22)3)25(32)29-20-13-15-21(35-8)16-14-20/h9-16,18,23-24H,17H2,1-8H3,(H,29,32)(H,30,34). The Morgan fingerprint density at radius 1 is 1.00 bits per heavy atom. The van der Waals surface area contributed by atoms with Gasteiger partial charge in [-0.25, -0.2) is 4.79 Å². The van der Waals surface area contributed by atoms with E-state index in [9.17, 15) is 14.4 Å². The highest BCUT2D eigenvalue weighted by Crippen LogP contribution is 2.27. The molecule has 2 unspecified atom stereocenters. The first-order valence-corrected chi connectivity index (χ1v) is 12.1. The van der Waals surface area contributed by atoms with Gasteiger partial charge in [-0.2, -0.15) is 0 Å². The van der Waals surface area contributed by atoms with Crippen LogP contribution in [-0.2, 0) is 14.3 Å². The number of carbonyl (C=O) groups excluding carboxylic acids is 3. The van der Waals surface area contributed by atoms with E-state index in [1.54, 1.807) is 59.2 Å². The Hall–Kier alpha value is -3.55. The number of nitrogens with one attached hydrogen (secondary N) is 2. The highest BCUT2D eigenvalue weighted by atomic mass is 16.6. The Morgan fingerprint density at radius 3 is 2.14 bits per heavy atom. The predicted molar refractivity (Wildman–Crippen MR) is 141 cm³/mol. The van der Waals surface area contributed by atoms with Gasteiger partial charge in [0.2, 0.25) is 5.91 Å². The molecule has 8 heteroatoms. The van der Waals surface area contributed by atoms with Crippen molar-refractivity contribution >= 4 is 23.6 Å². The number of rotatable bonds is 9. The molecule has 0 heterocycles. The smallest absolute Gasteiger partial charge is 0.408 e. The zero-order valence-corrected chi connectivity index (χ0v) is 22.5. The first-order chi connectivity index (χ1) is 16.8. The minimum absolute atomic E-state index is 0.118. The second-order valence-corrected chi connectivity index (χ2v) is 10.3. The molecule has 2 aromatic rings. The number of anilines is 1. The molecular weight excluding hydrogens is 458 g/mol. The largest absolute Gasteiger partial charge is 0.497 e. The van der Waals surface area contributed by atoms with Gasteiger partial charge in [0.15, 0.2) is 0 Å². The monoisotopic (exact) mass is 497 g/mol. The van der Waals surface area contributed by atoms with E-state index in [0.717, 1.165) is 5.56 Å². The Morgan fingerprint density at radius 2 is 1.61 bits per heavy atom. The average Bonchev–Trinajstić information content (AvgIpc) is 2.78. The molecule has 196 valence electrons. The SMILES string of the molecule is COc1ccc(NC(=O)C(c2ccccc2C)N(C)C(=O)C(CC(C)C)NC(=O)OC(C)(C)C)cc1. The fourth-order valence-electron chi connectivity index (χ4n) is 3.82. The number of amides is 3. The average molecular weight is 498 g/mol. The van der Waals surface area contributed by atoms with E-state index in [2.05, 4.69) is 10.6 Å². The number of alkyl carbamates (subject to hydrolysis) is 1. The summed E-state index contributed by atoms with van der Waals surface area (Å²) >= 11 is 0. The quantitative estimate of drug-likeness (QED) is 0.504. The van der Waals surface area contributed by atoms with Gasteiger partial charge in [-0.05, 0) is 75.4 Å². The second-order valence-electron chi connectivity index (χ2n) is 10.3. The maximum absolute atomic E-state index is 13.7. The second kappa shape index (κ2) is 12.4. The third-order valence-corrected chi connectivity index (χ3v) is 5.52. The minimum atomic E-state index is -0.920. The van der Waals surface area contributed by atoms with Crippen LogP contribution in [0.15, 0.2) is 48.5 Å². The van der Waals surface area contributed by atoms with Gasteiger partial charge >= 0.3 is 6.09 Å². The fourth-order valence-corrected chi connectivity index (χ4v) is 3.82. The maximum Gasteiger partial charge on any atom is 0.408 e. The summed E-state index contributed by atoms with van der Waals surface area (Å²) in [4.78, 5) is 41.2. The number of nitrogens with zero attached hydrogens (tertiary/aromatic N) is 1. The number of carbonyl (C=O) groups is 3. The molecule has 2 atom stereocenters. The lowest BCUT2D eigenvalue weighted by molar-refractivity contribution is -0.139. The van der Waals surface area contributed by atoms with Gasteiger partial charge in [0, 0.05) is 12.7 Å². The van der Waals surface area contributed by atoms with E-state index in [-0.39, 0.29) is 17.7 Å². The van der Waals surface area contributed by atoms with Gasteiger partial charge in [-0.1, -0.05) is 38.1 Å². The lowest BCUT2D eigenvalue weighted by Gasteiger charge is -2.32. The fraction of sp³-hybridized carbons (Fsp3) is 0.464. The van der Waals surface area contributed by atoms with Crippen molar-refractivity contribution in [1.82, 2.24) is 10.2 Å². The van der Waals surface area contributed by atoms with Crippen LogP contribution in [-0.4, -0.2) is 48.6 Å². The molecule has 0 radical (unpaired) electrons. The number of methoxy groups -OCH3 is 1. The summed E-state index contributed by atoms with van der Waals surface area (Å²) in [6.45, 7) is 11.1. The van der Waals surface area contributed by atoms with Gasteiger partial charge in [0.1, 0.15) is 23.4 Å². The van der Waals surface area contributed by atoms with Crippen molar-refractivity contribution in [2.75, 3.05) is 19.5 Å². The van der Waals surface area contributed by atoms with E-state index < -0.39 is 23.8 Å². The van der Waals surface area contributed by atoms with Crippen LogP contribution in [0.5, 0.6) is 5.75 Å². The number of benzene rings is 2. The highest BCUT2D eigenvalue weighted by Gasteiger charge is 2.35. The molecule has 2 aromatic carbocycles. The normalized spacial score (nSPS) is 12.9. The molecule has 0 spiro atoms. The first-order valence-electron chi connectivity index (χ1n) is 12.1. The molecule has 3 amide bonds. The van der Waals surface area contributed by atoms with Crippen molar-refractivity contribution in [2.45, 2.75) is 65.6 Å². The molecule has 0 aromatic heterocycles. The first kappa shape index (κ1) is 28.7. The highest BCUT2D eigenvalue weighted by molar-refractivity contribution is 5.99. The predicted octanol–water partition coefficient (Wildman–Crippen LogP) is 5.08. The zero-order chi connectivity index (χ0) is 27.0. The van der Waals surface area contributed by atoms with Crippen molar-refractivity contribution < 1.29 is 23.9 Å². The molecule has 0 aliphatic rings. The van der Waals surface area contributed by atoms with Crippen LogP contribution in [0, 0.1) is 12.8 Å². The van der Waals surface area contributed by atoms with Crippen LogP contribution in [0.3, 0.4) is 0 Å². The van der Waals surface area contributed by atoms with E-state index in [1.807, 2.05) is 45.0 Å². The molecule has 0 aliphatic carbocycles. The Bertz CT molecular complexity index is 1040. The van der Waals surface area contributed by atoms with E-state index in [1.165, 1.54) is 4.90 Å². The van der Waals surface area contributed by atoms with E-state index in [0.29, 0.717) is 23.4 Å². The van der Waals surface area contributed by atoms with Gasteiger partial charge in [0.05, 0.1) is 7.11 Å². The zero-order valence-electron chi connectivity index (χ0n) is 22.5. The summed E-state index contributed by atoms with van der Waals surface area (Å²) < 4.78 is 10.6. The Kier molecular flexibility index (Phi) is 9.90. The topological polar surface area (TPSA) is 97.0 Å². The molecule has 0 fully saturated rings. The third kappa shape index (κ3) is 8.29. The number of hydrogen-bond donors (Lipinski definition) is 2. The maximum atomic E-state index is 13.7. The van der Waals surface area contributed by atoms with Crippen LogP contribution in [0.4, 0.5) is 10.5 Å². The molecule has 2 N–H and O–H groups in total. The number of aryl methyl sites for hydroxylation is 1. The molecule has 36 heavy (non-hydrogen) atoms. The Labute approximate surface area is 214 Å². The minimum Gasteiger partial charge on any atom is -0.497 e. The molecule has 0 aliphatic heterocycles. The summed E-state index contributed by atoms with van der Waals surface area (Å²) in [5, 5.41) is 5.62. The summed E-state index contributed by atoms with van der Waals surface area (Å²) in [5.74, 6) is 0.0337. The lowest BCUT2D eigenvalue weighted by atomic mass is 9.97. The third-order valence-electron chi connectivity index (χ3n) is 5.52. The number of ether oxygens (including phenoxy) is 2. The summed E-state index contributed by atoms with van der Waals surface area (Å²) in [7, 11) is 3.15. The van der Waals surface area contributed by atoms with Gasteiger partial charge < -0.3 is 25.0 Å².